The number of rotatable bonds is 8. The number of hydrogen-bond acceptors (Lipinski definition) is 6. The van der Waals surface area contributed by atoms with E-state index in [1.807, 2.05) is 25.0 Å². The molecule has 0 unspecified atom stereocenters. The fourth-order valence-corrected chi connectivity index (χ4v) is 5.55. The van der Waals surface area contributed by atoms with Crippen LogP contribution in [0.4, 0.5) is 4.79 Å². The van der Waals surface area contributed by atoms with Crippen molar-refractivity contribution in [3.8, 4) is 0 Å². The summed E-state index contributed by atoms with van der Waals surface area (Å²) in [6, 6.07) is -0.294. The lowest BCUT2D eigenvalue weighted by atomic mass is 9.75. The number of piperidine rings is 1. The van der Waals surface area contributed by atoms with Crippen LogP contribution in [0.5, 0.6) is 0 Å². The molecule has 0 saturated carbocycles. The number of carbonyl (C=O) groups excluding carboxylic acids is 3. The number of carbonyl (C=O) groups is 3. The number of nitrogens with zero attached hydrogens (tertiary/aromatic N) is 3. The lowest BCUT2D eigenvalue weighted by Crippen LogP contribution is -2.56. The maximum Gasteiger partial charge on any atom is 0.325 e. The Kier molecular flexibility index (Phi) is 7.21. The first-order valence-corrected chi connectivity index (χ1v) is 12.5. The Morgan fingerprint density at radius 3 is 2.69 bits per heavy atom. The fraction of sp³-hybridized carbons (Fsp3) is 0.700. The van der Waals surface area contributed by atoms with Crippen LogP contribution in [0.3, 0.4) is 0 Å². The summed E-state index contributed by atoms with van der Waals surface area (Å²) in [5.74, 6) is 0.968. The fourth-order valence-electron chi connectivity index (χ4n) is 4.40. The minimum atomic E-state index is -0.839. The first-order valence-electron chi connectivity index (χ1n) is 10.2. The van der Waals surface area contributed by atoms with Gasteiger partial charge in [0.05, 0.1) is 11.2 Å². The van der Waals surface area contributed by atoms with Gasteiger partial charge >= 0.3 is 6.03 Å². The molecule has 0 bridgehead atoms. The number of amides is 4. The molecule has 3 heterocycles. The molecule has 1 aromatic rings. The van der Waals surface area contributed by atoms with Crippen LogP contribution >= 0.6 is 23.1 Å². The van der Waals surface area contributed by atoms with Gasteiger partial charge in [0, 0.05) is 43.1 Å². The Hall–Kier alpha value is -1.61. The zero-order valence-electron chi connectivity index (χ0n) is 17.4. The molecule has 0 spiro atoms. The highest BCUT2D eigenvalue weighted by atomic mass is 32.2. The summed E-state index contributed by atoms with van der Waals surface area (Å²) >= 11 is 3.23. The zero-order valence-corrected chi connectivity index (χ0v) is 19.0. The topological polar surface area (TPSA) is 82.6 Å². The van der Waals surface area contributed by atoms with Gasteiger partial charge in [-0.2, -0.15) is 11.8 Å². The lowest BCUT2D eigenvalue weighted by molar-refractivity contribution is -0.136. The summed E-state index contributed by atoms with van der Waals surface area (Å²) in [7, 11) is 0. The number of aryl methyl sites for hydroxylation is 1. The molecule has 4 amide bonds. The second kappa shape index (κ2) is 9.47. The Labute approximate surface area is 180 Å². The number of nitrogens with one attached hydrogen (secondary N) is 1. The Balaban J connectivity index is 1.63. The smallest absolute Gasteiger partial charge is 0.325 e. The average molecular weight is 439 g/mol. The van der Waals surface area contributed by atoms with E-state index in [1.165, 1.54) is 4.90 Å². The first-order chi connectivity index (χ1) is 13.9. The van der Waals surface area contributed by atoms with Crippen molar-refractivity contribution in [2.75, 3.05) is 31.6 Å². The molecule has 160 valence electrons. The highest BCUT2D eigenvalue weighted by Crippen LogP contribution is 2.36. The second-order valence-corrected chi connectivity index (χ2v) is 9.65. The van der Waals surface area contributed by atoms with E-state index in [4.69, 9.17) is 0 Å². The standard InChI is InChI=1S/C20H30N4O3S2/c1-4-20(15-5-9-23(10-6-15)17(25)8-12-28-3)18(26)24(19(27)22-20)11-7-16-14(2)21-13-29-16/h13,15H,4-12H2,1-3H3,(H,22,27)/t20-/m1/s1. The number of urea groups is 1. The van der Waals surface area contributed by atoms with Crippen LogP contribution in [0, 0.1) is 12.8 Å². The summed E-state index contributed by atoms with van der Waals surface area (Å²) in [5.41, 5.74) is 1.91. The first kappa shape index (κ1) is 22.1. The maximum absolute atomic E-state index is 13.3. The summed E-state index contributed by atoms with van der Waals surface area (Å²) in [6.45, 7) is 5.60. The molecular weight excluding hydrogens is 408 g/mol. The van der Waals surface area contributed by atoms with Crippen LogP contribution in [-0.2, 0) is 16.0 Å². The zero-order chi connectivity index (χ0) is 21.0. The monoisotopic (exact) mass is 438 g/mol. The molecule has 2 fully saturated rings. The van der Waals surface area contributed by atoms with Gasteiger partial charge in [0.15, 0.2) is 0 Å². The average Bonchev–Trinajstić information content (AvgIpc) is 3.25. The number of imide groups is 1. The van der Waals surface area contributed by atoms with Crippen molar-refractivity contribution < 1.29 is 14.4 Å². The number of thiazole rings is 1. The molecule has 2 saturated heterocycles. The van der Waals surface area contributed by atoms with Crippen molar-refractivity contribution in [3.63, 3.8) is 0 Å². The van der Waals surface area contributed by atoms with Gasteiger partial charge in [-0.3, -0.25) is 14.5 Å². The van der Waals surface area contributed by atoms with Gasteiger partial charge in [-0.1, -0.05) is 6.92 Å². The maximum atomic E-state index is 13.3. The van der Waals surface area contributed by atoms with E-state index in [2.05, 4.69) is 10.3 Å². The normalized spacial score (nSPS) is 23.0. The Morgan fingerprint density at radius 2 is 2.10 bits per heavy atom. The minimum Gasteiger partial charge on any atom is -0.343 e. The van der Waals surface area contributed by atoms with E-state index >= 15 is 0 Å². The third-order valence-corrected chi connectivity index (χ3v) is 7.84. The molecule has 1 atom stereocenters. The molecule has 9 heteroatoms. The van der Waals surface area contributed by atoms with Crippen LogP contribution in [0.15, 0.2) is 5.51 Å². The molecule has 0 radical (unpaired) electrons. The summed E-state index contributed by atoms with van der Waals surface area (Å²) in [6.07, 6.45) is 5.25. The summed E-state index contributed by atoms with van der Waals surface area (Å²) < 4.78 is 0. The molecule has 0 aromatic carbocycles. The van der Waals surface area contributed by atoms with Crippen molar-refractivity contribution >= 4 is 40.9 Å². The van der Waals surface area contributed by atoms with Crippen molar-refractivity contribution in [2.45, 2.75) is 51.5 Å². The van der Waals surface area contributed by atoms with Crippen LogP contribution in [0.25, 0.3) is 0 Å². The molecule has 2 aliphatic heterocycles. The highest BCUT2D eigenvalue weighted by molar-refractivity contribution is 7.98. The third kappa shape index (κ3) is 4.45. The van der Waals surface area contributed by atoms with Crippen molar-refractivity contribution in [1.82, 2.24) is 20.1 Å². The molecule has 3 rings (SSSR count). The predicted molar refractivity (Wildman–Crippen MR) is 116 cm³/mol. The Morgan fingerprint density at radius 1 is 1.38 bits per heavy atom. The van der Waals surface area contributed by atoms with Crippen molar-refractivity contribution in [1.29, 1.82) is 0 Å². The van der Waals surface area contributed by atoms with Crippen LogP contribution in [-0.4, -0.2) is 69.8 Å². The predicted octanol–water partition coefficient (Wildman–Crippen LogP) is 2.69. The SMILES string of the molecule is CC[C@]1(C2CCN(C(=O)CCSC)CC2)NC(=O)N(CCc2scnc2C)C1=O. The Bertz CT molecular complexity index is 761. The van der Waals surface area contributed by atoms with E-state index in [-0.39, 0.29) is 23.8 Å². The highest BCUT2D eigenvalue weighted by Gasteiger charge is 2.54. The van der Waals surface area contributed by atoms with E-state index < -0.39 is 5.54 Å². The molecule has 0 aliphatic carbocycles. The number of thioether (sulfide) groups is 1. The third-order valence-electron chi connectivity index (χ3n) is 6.23. The van der Waals surface area contributed by atoms with Gasteiger partial charge in [0.2, 0.25) is 5.91 Å². The van der Waals surface area contributed by atoms with E-state index in [0.717, 1.165) is 29.2 Å². The molecule has 1 N–H and O–H groups in total. The van der Waals surface area contributed by atoms with Gasteiger partial charge in [-0.15, -0.1) is 11.3 Å². The molecule has 7 nitrogen and oxygen atoms in total. The summed E-state index contributed by atoms with van der Waals surface area (Å²) in [4.78, 5) is 46.9. The van der Waals surface area contributed by atoms with Crippen LogP contribution < -0.4 is 5.32 Å². The van der Waals surface area contributed by atoms with E-state index in [0.29, 0.717) is 38.9 Å². The summed E-state index contributed by atoms with van der Waals surface area (Å²) in [5, 5.41) is 3.03. The van der Waals surface area contributed by atoms with Crippen LogP contribution in [0.1, 0.15) is 43.2 Å². The van der Waals surface area contributed by atoms with E-state index in [1.54, 1.807) is 28.6 Å². The molecular formula is C20H30N4O3S2. The van der Waals surface area contributed by atoms with Crippen molar-refractivity contribution in [3.05, 3.63) is 16.1 Å². The lowest BCUT2D eigenvalue weighted by Gasteiger charge is -2.40. The molecule has 2 aliphatic rings. The van der Waals surface area contributed by atoms with Gasteiger partial charge < -0.3 is 10.2 Å². The number of hydrogen-bond donors (Lipinski definition) is 1. The quantitative estimate of drug-likeness (QED) is 0.631. The number of aromatic nitrogens is 1. The largest absolute Gasteiger partial charge is 0.343 e. The van der Waals surface area contributed by atoms with Crippen molar-refractivity contribution in [2.24, 2.45) is 5.92 Å². The molecule has 1 aromatic heterocycles. The van der Waals surface area contributed by atoms with Crippen LogP contribution in [0.2, 0.25) is 0 Å². The minimum absolute atomic E-state index is 0.0590. The van der Waals surface area contributed by atoms with Gasteiger partial charge in [0.1, 0.15) is 5.54 Å². The van der Waals surface area contributed by atoms with Gasteiger partial charge in [-0.05, 0) is 38.4 Å². The number of likely N-dealkylation sites (tertiary alicyclic amines) is 1. The molecule has 29 heavy (non-hydrogen) atoms. The van der Waals surface area contributed by atoms with E-state index in [9.17, 15) is 14.4 Å². The van der Waals surface area contributed by atoms with Gasteiger partial charge in [-0.25, -0.2) is 9.78 Å². The van der Waals surface area contributed by atoms with Gasteiger partial charge in [0.25, 0.3) is 5.91 Å². The second-order valence-electron chi connectivity index (χ2n) is 7.72.